The average Bonchev–Trinajstić information content (AvgIpc) is 3.49. The van der Waals surface area contributed by atoms with E-state index in [-0.39, 0.29) is 6.04 Å². The third-order valence-electron chi connectivity index (χ3n) is 4.63. The maximum Gasteiger partial charge on any atom is 0.250 e. The van der Waals surface area contributed by atoms with Gasteiger partial charge in [-0.3, -0.25) is 4.79 Å². The molecule has 1 fully saturated rings. The molecule has 26 heavy (non-hydrogen) atoms. The summed E-state index contributed by atoms with van der Waals surface area (Å²) in [4.78, 5) is 20.4. The quantitative estimate of drug-likeness (QED) is 0.611. The fourth-order valence-corrected chi connectivity index (χ4v) is 3.08. The fourth-order valence-electron chi connectivity index (χ4n) is 3.08. The monoisotopic (exact) mass is 347 g/mol. The molecule has 2 aromatic carbocycles. The highest BCUT2D eigenvalue weighted by molar-refractivity contribution is 6.06. The zero-order valence-corrected chi connectivity index (χ0v) is 14.4. The molecule has 0 aliphatic heterocycles. The second-order valence-corrected chi connectivity index (χ2v) is 6.58. The minimum atomic E-state index is -0.491. The Balaban J connectivity index is 1.68. The molecule has 0 radical (unpaired) electrons. The molecule has 1 aromatic heterocycles. The normalized spacial score (nSPS) is 14.9. The number of carbonyl (C=O) groups is 1. The van der Waals surface area contributed by atoms with Gasteiger partial charge < -0.3 is 16.4 Å². The Morgan fingerprint density at radius 3 is 2.65 bits per heavy atom. The molecular formula is C20H21N5O. The van der Waals surface area contributed by atoms with Crippen LogP contribution in [0.3, 0.4) is 0 Å². The van der Waals surface area contributed by atoms with Crippen LogP contribution in [0.25, 0.3) is 10.9 Å². The molecule has 1 amide bonds. The summed E-state index contributed by atoms with van der Waals surface area (Å²) < 4.78 is 0. The van der Waals surface area contributed by atoms with Crippen LogP contribution < -0.4 is 16.4 Å². The van der Waals surface area contributed by atoms with Gasteiger partial charge in [-0.1, -0.05) is 36.4 Å². The topological polar surface area (TPSA) is 92.9 Å². The minimum Gasteiger partial charge on any atom is -0.366 e. The van der Waals surface area contributed by atoms with Crippen LogP contribution in [0.4, 0.5) is 5.82 Å². The molecule has 1 aliphatic rings. The summed E-state index contributed by atoms with van der Waals surface area (Å²) in [5, 5.41) is 7.88. The summed E-state index contributed by atoms with van der Waals surface area (Å²) in [6, 6.07) is 16.3. The molecule has 6 heteroatoms. The first-order valence-electron chi connectivity index (χ1n) is 8.81. The van der Waals surface area contributed by atoms with E-state index in [4.69, 9.17) is 5.73 Å². The van der Waals surface area contributed by atoms with Crippen molar-refractivity contribution in [2.24, 2.45) is 5.73 Å². The Labute approximate surface area is 151 Å². The van der Waals surface area contributed by atoms with Gasteiger partial charge in [0.05, 0.1) is 17.1 Å². The van der Waals surface area contributed by atoms with Crippen LogP contribution in [-0.4, -0.2) is 28.5 Å². The van der Waals surface area contributed by atoms with Crippen LogP contribution in [0, 0.1) is 0 Å². The molecule has 1 aliphatic carbocycles. The van der Waals surface area contributed by atoms with Gasteiger partial charge in [0.25, 0.3) is 5.91 Å². The number of para-hydroxylation sites is 1. The van der Waals surface area contributed by atoms with E-state index in [1.54, 1.807) is 12.1 Å². The zero-order chi connectivity index (χ0) is 17.9. The van der Waals surface area contributed by atoms with Crippen LogP contribution in [0.2, 0.25) is 0 Å². The third kappa shape index (κ3) is 3.50. The van der Waals surface area contributed by atoms with Gasteiger partial charge in [-0.25, -0.2) is 9.97 Å². The molecule has 6 nitrogen and oxygen atoms in total. The van der Waals surface area contributed by atoms with Gasteiger partial charge >= 0.3 is 0 Å². The summed E-state index contributed by atoms with van der Waals surface area (Å²) in [6.45, 7) is 0.801. The first kappa shape index (κ1) is 16.5. The number of nitrogens with one attached hydrogen (secondary N) is 2. The van der Waals surface area contributed by atoms with Crippen LogP contribution >= 0.6 is 0 Å². The van der Waals surface area contributed by atoms with E-state index in [0.717, 1.165) is 11.9 Å². The fraction of sp³-hybridized carbons (Fsp3) is 0.250. The van der Waals surface area contributed by atoms with Crippen molar-refractivity contribution in [3.05, 3.63) is 66.0 Å². The van der Waals surface area contributed by atoms with Gasteiger partial charge in [0.15, 0.2) is 0 Å². The SMILES string of the molecule is NC(=O)c1cccc2c(N[C@H](CNC3CC3)c3ccccc3)ncnc12. The van der Waals surface area contributed by atoms with Crippen molar-refractivity contribution in [3.63, 3.8) is 0 Å². The first-order valence-corrected chi connectivity index (χ1v) is 8.81. The van der Waals surface area contributed by atoms with Crippen molar-refractivity contribution < 1.29 is 4.79 Å². The molecule has 1 heterocycles. The lowest BCUT2D eigenvalue weighted by Crippen LogP contribution is -2.28. The molecule has 0 spiro atoms. The molecule has 0 bridgehead atoms. The zero-order valence-electron chi connectivity index (χ0n) is 14.4. The molecule has 0 saturated heterocycles. The van der Waals surface area contributed by atoms with E-state index >= 15 is 0 Å². The van der Waals surface area contributed by atoms with Gasteiger partial charge in [0.1, 0.15) is 12.1 Å². The number of carbonyl (C=O) groups excluding carboxylic acids is 1. The average molecular weight is 347 g/mol. The van der Waals surface area contributed by atoms with E-state index in [1.165, 1.54) is 24.7 Å². The molecule has 1 atom stereocenters. The van der Waals surface area contributed by atoms with Crippen molar-refractivity contribution in [2.45, 2.75) is 24.9 Å². The van der Waals surface area contributed by atoms with Crippen molar-refractivity contribution in [1.82, 2.24) is 15.3 Å². The Morgan fingerprint density at radius 2 is 1.92 bits per heavy atom. The Kier molecular flexibility index (Phi) is 4.50. The summed E-state index contributed by atoms with van der Waals surface area (Å²) >= 11 is 0. The second kappa shape index (κ2) is 7.09. The highest BCUT2D eigenvalue weighted by Crippen LogP contribution is 2.27. The number of nitrogens with two attached hydrogens (primary N) is 1. The summed E-state index contributed by atoms with van der Waals surface area (Å²) in [5.74, 6) is 0.208. The van der Waals surface area contributed by atoms with E-state index in [1.807, 2.05) is 24.3 Å². The molecule has 4 N–H and O–H groups in total. The van der Waals surface area contributed by atoms with Gasteiger partial charge in [0, 0.05) is 18.0 Å². The Bertz CT molecular complexity index is 924. The van der Waals surface area contributed by atoms with Crippen molar-refractivity contribution >= 4 is 22.6 Å². The highest BCUT2D eigenvalue weighted by Gasteiger charge is 2.23. The second-order valence-electron chi connectivity index (χ2n) is 6.58. The van der Waals surface area contributed by atoms with Crippen LogP contribution in [0.1, 0.15) is 34.8 Å². The molecule has 3 aromatic rings. The van der Waals surface area contributed by atoms with E-state index in [2.05, 4.69) is 32.7 Å². The molecule has 132 valence electrons. The maximum absolute atomic E-state index is 11.7. The van der Waals surface area contributed by atoms with Gasteiger partial charge in [-0.05, 0) is 30.5 Å². The van der Waals surface area contributed by atoms with Gasteiger partial charge in [0.2, 0.25) is 0 Å². The number of anilines is 1. The smallest absolute Gasteiger partial charge is 0.250 e. The Hall–Kier alpha value is -2.99. The van der Waals surface area contributed by atoms with E-state index in [9.17, 15) is 4.79 Å². The molecular weight excluding hydrogens is 326 g/mol. The lowest BCUT2D eigenvalue weighted by atomic mass is 10.1. The summed E-state index contributed by atoms with van der Waals surface area (Å²) in [6.07, 6.45) is 3.94. The molecule has 4 rings (SSSR count). The van der Waals surface area contributed by atoms with Crippen molar-refractivity contribution in [1.29, 1.82) is 0 Å². The van der Waals surface area contributed by atoms with Crippen molar-refractivity contribution in [3.8, 4) is 0 Å². The third-order valence-corrected chi connectivity index (χ3v) is 4.63. The van der Waals surface area contributed by atoms with Gasteiger partial charge in [-0.15, -0.1) is 0 Å². The summed E-state index contributed by atoms with van der Waals surface area (Å²) in [7, 11) is 0. The van der Waals surface area contributed by atoms with Crippen LogP contribution in [0.15, 0.2) is 54.9 Å². The number of primary amides is 1. The van der Waals surface area contributed by atoms with Crippen LogP contribution in [-0.2, 0) is 0 Å². The number of nitrogens with zero attached hydrogens (tertiary/aromatic N) is 2. The minimum absolute atomic E-state index is 0.0622. The molecule has 0 unspecified atom stereocenters. The number of amides is 1. The number of hydrogen-bond acceptors (Lipinski definition) is 5. The maximum atomic E-state index is 11.7. The van der Waals surface area contributed by atoms with E-state index < -0.39 is 5.91 Å². The predicted octanol–water partition coefficient (Wildman–Crippen LogP) is 2.63. The Morgan fingerprint density at radius 1 is 1.12 bits per heavy atom. The van der Waals surface area contributed by atoms with Crippen molar-refractivity contribution in [2.75, 3.05) is 11.9 Å². The number of rotatable bonds is 7. The standard InChI is InChI=1S/C20H21N5O/c21-19(26)15-7-4-8-16-18(15)23-12-24-20(16)25-17(11-22-14-9-10-14)13-5-2-1-3-6-13/h1-8,12,14,17,22H,9-11H2,(H2,21,26)(H,23,24,25)/t17-/m1/s1. The van der Waals surface area contributed by atoms with Crippen LogP contribution in [0.5, 0.6) is 0 Å². The highest BCUT2D eigenvalue weighted by atomic mass is 16.1. The number of benzene rings is 2. The number of hydrogen-bond donors (Lipinski definition) is 3. The first-order chi connectivity index (χ1) is 12.7. The number of aromatic nitrogens is 2. The largest absolute Gasteiger partial charge is 0.366 e. The lowest BCUT2D eigenvalue weighted by molar-refractivity contribution is 0.100. The van der Waals surface area contributed by atoms with Gasteiger partial charge in [-0.2, -0.15) is 0 Å². The van der Waals surface area contributed by atoms with E-state index in [0.29, 0.717) is 22.9 Å². The summed E-state index contributed by atoms with van der Waals surface area (Å²) in [5.41, 5.74) is 7.63. The molecule has 1 saturated carbocycles. The predicted molar refractivity (Wildman–Crippen MR) is 102 cm³/mol. The number of fused-ring (bicyclic) bond motifs is 1. The lowest BCUT2D eigenvalue weighted by Gasteiger charge is -2.21.